The fourth-order valence-electron chi connectivity index (χ4n) is 2.78. The van der Waals surface area contributed by atoms with Crippen LogP contribution in [0.1, 0.15) is 38.3 Å². The summed E-state index contributed by atoms with van der Waals surface area (Å²) in [6, 6.07) is 10.5. The number of hydrogen-bond donors (Lipinski definition) is 1. The molecule has 0 unspecified atom stereocenters. The smallest absolute Gasteiger partial charge is 0.237 e. The zero-order valence-electron chi connectivity index (χ0n) is 10.5. The van der Waals surface area contributed by atoms with Crippen molar-refractivity contribution < 1.29 is 4.79 Å². The number of likely N-dealkylation sites (tertiary alicyclic amines) is 1. The normalized spacial score (nSPS) is 26.9. The van der Waals surface area contributed by atoms with E-state index in [-0.39, 0.29) is 11.9 Å². The predicted molar refractivity (Wildman–Crippen MR) is 68.4 cm³/mol. The van der Waals surface area contributed by atoms with E-state index in [2.05, 4.69) is 24.0 Å². The third-order valence-corrected chi connectivity index (χ3v) is 3.98. The molecule has 3 nitrogen and oxygen atoms in total. The second-order valence-electron chi connectivity index (χ2n) is 5.02. The summed E-state index contributed by atoms with van der Waals surface area (Å²) in [6.07, 6.45) is 1.90. The van der Waals surface area contributed by atoms with E-state index in [1.165, 1.54) is 5.56 Å². The summed E-state index contributed by atoms with van der Waals surface area (Å²) in [5.41, 5.74) is 6.30. The average Bonchev–Trinajstić information content (AvgIpc) is 2.73. The lowest BCUT2D eigenvalue weighted by Crippen LogP contribution is -2.52. The van der Waals surface area contributed by atoms with Gasteiger partial charge in [-0.1, -0.05) is 30.3 Å². The highest BCUT2D eigenvalue weighted by Crippen LogP contribution is 2.36. The molecule has 92 valence electrons. The highest BCUT2D eigenvalue weighted by atomic mass is 16.1. The van der Waals surface area contributed by atoms with Gasteiger partial charge in [0.2, 0.25) is 5.91 Å². The summed E-state index contributed by atoms with van der Waals surface area (Å²) in [5, 5.41) is 0. The lowest BCUT2D eigenvalue weighted by Gasteiger charge is -2.37. The second kappa shape index (κ2) is 4.49. The molecule has 0 radical (unpaired) electrons. The zero-order valence-corrected chi connectivity index (χ0v) is 10.5. The van der Waals surface area contributed by atoms with Gasteiger partial charge in [0.05, 0.1) is 5.54 Å². The molecule has 1 fully saturated rings. The number of benzene rings is 1. The minimum atomic E-state index is -0.491. The van der Waals surface area contributed by atoms with Crippen molar-refractivity contribution in [3.05, 3.63) is 35.9 Å². The van der Waals surface area contributed by atoms with Crippen molar-refractivity contribution in [3.63, 3.8) is 0 Å². The van der Waals surface area contributed by atoms with Crippen molar-refractivity contribution >= 4 is 5.91 Å². The van der Waals surface area contributed by atoms with Gasteiger partial charge in [-0.3, -0.25) is 9.69 Å². The first-order valence-electron chi connectivity index (χ1n) is 6.17. The Bertz CT molecular complexity index is 404. The molecule has 0 spiro atoms. The van der Waals surface area contributed by atoms with Gasteiger partial charge < -0.3 is 5.73 Å². The molecule has 1 aliphatic heterocycles. The van der Waals surface area contributed by atoms with Crippen LogP contribution in [0.2, 0.25) is 0 Å². The van der Waals surface area contributed by atoms with Crippen molar-refractivity contribution in [2.75, 3.05) is 6.54 Å². The maximum absolute atomic E-state index is 11.7. The first kappa shape index (κ1) is 12.1. The third kappa shape index (κ3) is 2.07. The van der Waals surface area contributed by atoms with E-state index < -0.39 is 5.54 Å². The number of primary amides is 1. The van der Waals surface area contributed by atoms with E-state index in [0.717, 1.165) is 19.4 Å². The van der Waals surface area contributed by atoms with Crippen LogP contribution in [0.25, 0.3) is 0 Å². The van der Waals surface area contributed by atoms with Crippen molar-refractivity contribution in [2.45, 2.75) is 38.3 Å². The minimum absolute atomic E-state index is 0.210. The maximum atomic E-state index is 11.7. The molecule has 0 aromatic heterocycles. The van der Waals surface area contributed by atoms with Crippen LogP contribution in [-0.2, 0) is 4.79 Å². The van der Waals surface area contributed by atoms with Crippen molar-refractivity contribution in [1.82, 2.24) is 4.90 Å². The van der Waals surface area contributed by atoms with E-state index in [9.17, 15) is 4.79 Å². The zero-order chi connectivity index (χ0) is 12.5. The molecule has 1 heterocycles. The molecular formula is C14H20N2O. The largest absolute Gasteiger partial charge is 0.368 e. The lowest BCUT2D eigenvalue weighted by atomic mass is 9.95. The predicted octanol–water partition coefficient (Wildman–Crippen LogP) is 2.09. The number of nitrogens with two attached hydrogens (primary N) is 1. The van der Waals surface area contributed by atoms with Crippen LogP contribution >= 0.6 is 0 Å². The summed E-state index contributed by atoms with van der Waals surface area (Å²) in [5.74, 6) is -0.210. The van der Waals surface area contributed by atoms with Gasteiger partial charge >= 0.3 is 0 Å². The molecule has 0 aliphatic carbocycles. The minimum Gasteiger partial charge on any atom is -0.368 e. The molecule has 2 atom stereocenters. The molecule has 2 N–H and O–H groups in total. The second-order valence-corrected chi connectivity index (χ2v) is 5.02. The van der Waals surface area contributed by atoms with Crippen molar-refractivity contribution in [3.8, 4) is 0 Å². The molecule has 1 amide bonds. The van der Waals surface area contributed by atoms with Gasteiger partial charge in [0.25, 0.3) is 0 Å². The van der Waals surface area contributed by atoms with Gasteiger partial charge in [0.15, 0.2) is 0 Å². The average molecular weight is 232 g/mol. The molecule has 17 heavy (non-hydrogen) atoms. The van der Waals surface area contributed by atoms with Gasteiger partial charge in [-0.15, -0.1) is 0 Å². The molecule has 1 saturated heterocycles. The van der Waals surface area contributed by atoms with Gasteiger partial charge in [0, 0.05) is 6.04 Å². The molecule has 2 rings (SSSR count). The van der Waals surface area contributed by atoms with Gasteiger partial charge in [0.1, 0.15) is 0 Å². The van der Waals surface area contributed by atoms with E-state index in [1.807, 2.05) is 25.1 Å². The number of carbonyl (C=O) groups is 1. The Labute approximate surface area is 103 Å². The van der Waals surface area contributed by atoms with Crippen LogP contribution in [0.15, 0.2) is 30.3 Å². The highest BCUT2D eigenvalue weighted by molar-refractivity contribution is 5.84. The molecule has 3 heteroatoms. The number of rotatable bonds is 3. The quantitative estimate of drug-likeness (QED) is 0.867. The fraction of sp³-hybridized carbons (Fsp3) is 0.500. The Hall–Kier alpha value is -1.35. The summed E-state index contributed by atoms with van der Waals surface area (Å²) >= 11 is 0. The molecule has 0 saturated carbocycles. The topological polar surface area (TPSA) is 46.3 Å². The fourth-order valence-corrected chi connectivity index (χ4v) is 2.78. The SMILES string of the molecule is C[C@@H](c1ccccc1)N1CCC[C@@]1(C)C(N)=O. The summed E-state index contributed by atoms with van der Waals surface area (Å²) in [6.45, 7) is 5.04. The monoisotopic (exact) mass is 232 g/mol. The first-order chi connectivity index (χ1) is 8.05. The number of carbonyl (C=O) groups excluding carboxylic acids is 1. The number of amides is 1. The van der Waals surface area contributed by atoms with Crippen LogP contribution < -0.4 is 5.73 Å². The van der Waals surface area contributed by atoms with Crippen LogP contribution in [0.3, 0.4) is 0 Å². The molecule has 1 aromatic carbocycles. The summed E-state index contributed by atoms with van der Waals surface area (Å²) in [7, 11) is 0. The Morgan fingerprint density at radius 1 is 1.41 bits per heavy atom. The maximum Gasteiger partial charge on any atom is 0.237 e. The Kier molecular flexibility index (Phi) is 3.20. The first-order valence-corrected chi connectivity index (χ1v) is 6.17. The van der Waals surface area contributed by atoms with E-state index in [0.29, 0.717) is 0 Å². The molecule has 1 aliphatic rings. The van der Waals surface area contributed by atoms with E-state index in [1.54, 1.807) is 0 Å². The molecular weight excluding hydrogens is 212 g/mol. The lowest BCUT2D eigenvalue weighted by molar-refractivity contribution is -0.128. The van der Waals surface area contributed by atoms with E-state index in [4.69, 9.17) is 5.73 Å². The summed E-state index contributed by atoms with van der Waals surface area (Å²) < 4.78 is 0. The Morgan fingerprint density at radius 3 is 2.65 bits per heavy atom. The Balaban J connectivity index is 2.25. The van der Waals surface area contributed by atoms with E-state index >= 15 is 0 Å². The van der Waals surface area contributed by atoms with Crippen molar-refractivity contribution in [1.29, 1.82) is 0 Å². The van der Waals surface area contributed by atoms with Crippen molar-refractivity contribution in [2.24, 2.45) is 5.73 Å². The van der Waals surface area contributed by atoms with Crippen LogP contribution in [0.4, 0.5) is 0 Å². The summed E-state index contributed by atoms with van der Waals surface area (Å²) in [4.78, 5) is 13.9. The van der Waals surface area contributed by atoms with Crippen LogP contribution in [0.5, 0.6) is 0 Å². The van der Waals surface area contributed by atoms with Gasteiger partial charge in [-0.25, -0.2) is 0 Å². The Morgan fingerprint density at radius 2 is 2.06 bits per heavy atom. The van der Waals surface area contributed by atoms with Crippen LogP contribution in [0, 0.1) is 0 Å². The number of nitrogens with zero attached hydrogens (tertiary/aromatic N) is 1. The molecule has 1 aromatic rings. The van der Waals surface area contributed by atoms with Gasteiger partial charge in [-0.2, -0.15) is 0 Å². The van der Waals surface area contributed by atoms with Gasteiger partial charge in [-0.05, 0) is 38.8 Å². The van der Waals surface area contributed by atoms with Crippen LogP contribution in [-0.4, -0.2) is 22.9 Å². The standard InChI is InChI=1S/C14H20N2O/c1-11(12-7-4-3-5-8-12)16-10-6-9-14(16,2)13(15)17/h3-5,7-8,11H,6,9-10H2,1-2H3,(H2,15,17)/t11-,14-/m0/s1. The highest BCUT2D eigenvalue weighted by Gasteiger charge is 2.43. The number of hydrogen-bond acceptors (Lipinski definition) is 2. The third-order valence-electron chi connectivity index (χ3n) is 3.98. The molecule has 0 bridgehead atoms.